The number of hydrogen-bond donors (Lipinski definition) is 1. The quantitative estimate of drug-likeness (QED) is 0.767. The molecule has 15 heavy (non-hydrogen) atoms. The highest BCUT2D eigenvalue weighted by atomic mass is 19.2. The van der Waals surface area contributed by atoms with E-state index in [4.69, 9.17) is 10.5 Å². The maximum Gasteiger partial charge on any atom is 0.283 e. The van der Waals surface area contributed by atoms with Crippen molar-refractivity contribution in [3.05, 3.63) is 35.4 Å². The lowest BCUT2D eigenvalue weighted by Crippen LogP contribution is -2.22. The van der Waals surface area contributed by atoms with Gasteiger partial charge < -0.3 is 10.5 Å². The van der Waals surface area contributed by atoms with Crippen molar-refractivity contribution in [3.8, 4) is 0 Å². The fourth-order valence-corrected chi connectivity index (χ4v) is 1.58. The van der Waals surface area contributed by atoms with Crippen LogP contribution in [0.15, 0.2) is 23.2 Å². The van der Waals surface area contributed by atoms with Crippen LogP contribution in [-0.4, -0.2) is 12.6 Å². The number of amidine groups is 1. The molecular weight excluding hydrogens is 202 g/mol. The van der Waals surface area contributed by atoms with Crippen molar-refractivity contribution in [2.75, 3.05) is 6.61 Å². The van der Waals surface area contributed by atoms with Gasteiger partial charge in [-0.25, -0.2) is 13.8 Å². The molecule has 1 aliphatic rings. The number of ether oxygens (including phenoxy) is 1. The van der Waals surface area contributed by atoms with E-state index in [0.29, 0.717) is 0 Å². The molecule has 0 amide bonds. The van der Waals surface area contributed by atoms with Gasteiger partial charge in [0.1, 0.15) is 12.1 Å². The lowest BCUT2D eigenvalue weighted by atomic mass is 9.93. The smallest absolute Gasteiger partial charge is 0.283 e. The fourth-order valence-electron chi connectivity index (χ4n) is 1.58. The minimum absolute atomic E-state index is 0.00108. The molecule has 0 saturated carbocycles. The SMILES string of the molecule is CC1(c2cccc(F)c2F)COC(N)=N1. The van der Waals surface area contributed by atoms with Gasteiger partial charge in [-0.05, 0) is 13.0 Å². The van der Waals surface area contributed by atoms with Crippen LogP contribution in [0.25, 0.3) is 0 Å². The van der Waals surface area contributed by atoms with E-state index in [-0.39, 0.29) is 18.2 Å². The summed E-state index contributed by atoms with van der Waals surface area (Å²) in [6.45, 7) is 1.77. The summed E-state index contributed by atoms with van der Waals surface area (Å²) in [4.78, 5) is 3.96. The molecule has 0 aliphatic carbocycles. The van der Waals surface area contributed by atoms with Crippen molar-refractivity contribution in [1.29, 1.82) is 0 Å². The number of nitrogens with zero attached hydrogens (tertiary/aromatic N) is 1. The van der Waals surface area contributed by atoms with E-state index in [2.05, 4.69) is 4.99 Å². The molecule has 3 nitrogen and oxygen atoms in total. The number of aliphatic imine (C=N–C) groups is 1. The average Bonchev–Trinajstić information content (AvgIpc) is 2.52. The van der Waals surface area contributed by atoms with Crippen molar-refractivity contribution in [2.45, 2.75) is 12.5 Å². The Morgan fingerprint density at radius 1 is 1.47 bits per heavy atom. The second-order valence-corrected chi connectivity index (χ2v) is 3.61. The molecule has 1 aromatic rings. The Bertz CT molecular complexity index is 433. The first-order valence-electron chi connectivity index (χ1n) is 4.45. The minimum Gasteiger partial charge on any atom is -0.462 e. The zero-order chi connectivity index (χ0) is 11.1. The van der Waals surface area contributed by atoms with E-state index < -0.39 is 17.2 Å². The maximum absolute atomic E-state index is 13.5. The maximum atomic E-state index is 13.5. The van der Waals surface area contributed by atoms with Gasteiger partial charge in [0.05, 0.1) is 0 Å². The number of halogens is 2. The van der Waals surface area contributed by atoms with Crippen LogP contribution >= 0.6 is 0 Å². The number of rotatable bonds is 1. The third-order valence-corrected chi connectivity index (χ3v) is 2.39. The Kier molecular flexibility index (Phi) is 2.10. The molecular formula is C10H10F2N2O. The summed E-state index contributed by atoms with van der Waals surface area (Å²) in [5.74, 6) is -1.79. The molecule has 0 bridgehead atoms. The molecule has 2 N–H and O–H groups in total. The molecule has 1 aromatic carbocycles. The van der Waals surface area contributed by atoms with Gasteiger partial charge in [-0.1, -0.05) is 12.1 Å². The molecule has 1 heterocycles. The summed E-state index contributed by atoms with van der Waals surface area (Å²) in [6, 6.07) is 3.97. The largest absolute Gasteiger partial charge is 0.462 e. The van der Waals surface area contributed by atoms with Gasteiger partial charge >= 0.3 is 0 Å². The number of benzene rings is 1. The Morgan fingerprint density at radius 3 is 2.80 bits per heavy atom. The van der Waals surface area contributed by atoms with Crippen LogP contribution in [0.4, 0.5) is 8.78 Å². The normalized spacial score (nSPS) is 24.9. The highest BCUT2D eigenvalue weighted by molar-refractivity contribution is 5.74. The van der Waals surface area contributed by atoms with Gasteiger partial charge in [0.25, 0.3) is 6.02 Å². The third-order valence-electron chi connectivity index (χ3n) is 2.39. The van der Waals surface area contributed by atoms with Crippen molar-refractivity contribution in [2.24, 2.45) is 10.7 Å². The summed E-state index contributed by atoms with van der Waals surface area (Å²) in [6.07, 6.45) is 0. The molecule has 0 spiro atoms. The predicted octanol–water partition coefficient (Wildman–Crippen LogP) is 1.52. The van der Waals surface area contributed by atoms with Gasteiger partial charge in [-0.3, -0.25) is 0 Å². The van der Waals surface area contributed by atoms with E-state index >= 15 is 0 Å². The summed E-state index contributed by atoms with van der Waals surface area (Å²) in [5.41, 5.74) is 4.57. The molecule has 1 unspecified atom stereocenters. The van der Waals surface area contributed by atoms with Crippen molar-refractivity contribution >= 4 is 6.02 Å². The van der Waals surface area contributed by atoms with E-state index in [1.165, 1.54) is 12.1 Å². The first-order valence-corrected chi connectivity index (χ1v) is 4.45. The average molecular weight is 212 g/mol. The molecule has 1 aliphatic heterocycles. The van der Waals surface area contributed by atoms with Crippen LogP contribution < -0.4 is 5.73 Å². The summed E-state index contributed by atoms with van der Waals surface area (Å²) < 4.78 is 31.4. The molecule has 1 atom stereocenters. The highest BCUT2D eigenvalue weighted by Gasteiger charge is 2.35. The zero-order valence-electron chi connectivity index (χ0n) is 8.13. The monoisotopic (exact) mass is 212 g/mol. The number of nitrogens with two attached hydrogens (primary N) is 1. The Labute approximate surface area is 85.6 Å². The van der Waals surface area contributed by atoms with Crippen molar-refractivity contribution in [1.82, 2.24) is 0 Å². The topological polar surface area (TPSA) is 47.6 Å². The standard InChI is InChI=1S/C10H10F2N2O/c1-10(5-15-9(13)14-10)6-3-2-4-7(11)8(6)12/h2-4H,5H2,1H3,(H2,13,14). The van der Waals surface area contributed by atoms with Crippen LogP contribution in [0.1, 0.15) is 12.5 Å². The Balaban J connectivity index is 2.50. The van der Waals surface area contributed by atoms with E-state index in [0.717, 1.165) is 6.07 Å². The molecule has 80 valence electrons. The highest BCUT2D eigenvalue weighted by Crippen LogP contribution is 2.32. The second-order valence-electron chi connectivity index (χ2n) is 3.61. The number of hydrogen-bond acceptors (Lipinski definition) is 3. The fraction of sp³-hybridized carbons (Fsp3) is 0.300. The van der Waals surface area contributed by atoms with Crippen LogP contribution in [0.3, 0.4) is 0 Å². The van der Waals surface area contributed by atoms with Crippen LogP contribution in [0.2, 0.25) is 0 Å². The van der Waals surface area contributed by atoms with Crippen LogP contribution in [0, 0.1) is 11.6 Å². The molecule has 0 saturated heterocycles. The molecule has 0 aromatic heterocycles. The van der Waals surface area contributed by atoms with Crippen LogP contribution in [-0.2, 0) is 10.3 Å². The summed E-state index contributed by atoms with van der Waals surface area (Å²) >= 11 is 0. The minimum atomic E-state index is -0.934. The van der Waals surface area contributed by atoms with E-state index in [9.17, 15) is 8.78 Å². The first kappa shape index (κ1) is 9.89. The summed E-state index contributed by atoms with van der Waals surface area (Å²) in [5, 5.41) is 0. The lowest BCUT2D eigenvalue weighted by Gasteiger charge is -2.19. The van der Waals surface area contributed by atoms with Gasteiger partial charge in [0.15, 0.2) is 11.6 Å². The Morgan fingerprint density at radius 2 is 2.20 bits per heavy atom. The van der Waals surface area contributed by atoms with Gasteiger partial charge in [0.2, 0.25) is 0 Å². The van der Waals surface area contributed by atoms with E-state index in [1.807, 2.05) is 0 Å². The van der Waals surface area contributed by atoms with E-state index in [1.54, 1.807) is 6.92 Å². The second kappa shape index (κ2) is 3.18. The summed E-state index contributed by atoms with van der Waals surface area (Å²) in [7, 11) is 0. The van der Waals surface area contributed by atoms with Gasteiger partial charge in [0, 0.05) is 5.56 Å². The van der Waals surface area contributed by atoms with Crippen molar-refractivity contribution < 1.29 is 13.5 Å². The molecule has 5 heteroatoms. The zero-order valence-corrected chi connectivity index (χ0v) is 8.13. The lowest BCUT2D eigenvalue weighted by molar-refractivity contribution is 0.261. The molecule has 2 rings (SSSR count). The third kappa shape index (κ3) is 1.54. The van der Waals surface area contributed by atoms with Crippen LogP contribution in [0.5, 0.6) is 0 Å². The molecule has 0 fully saturated rings. The Hall–Kier alpha value is -1.65. The van der Waals surface area contributed by atoms with Gasteiger partial charge in [-0.2, -0.15) is 0 Å². The predicted molar refractivity (Wildman–Crippen MR) is 51.3 cm³/mol. The van der Waals surface area contributed by atoms with Crippen molar-refractivity contribution in [3.63, 3.8) is 0 Å². The first-order chi connectivity index (χ1) is 7.03. The van der Waals surface area contributed by atoms with Gasteiger partial charge in [-0.15, -0.1) is 0 Å². The molecule has 0 radical (unpaired) electrons.